The van der Waals surface area contributed by atoms with Crippen molar-refractivity contribution in [1.29, 1.82) is 0 Å². The zero-order valence-corrected chi connectivity index (χ0v) is 19.0. The van der Waals surface area contributed by atoms with Crippen molar-refractivity contribution in [3.05, 3.63) is 0 Å². The molecule has 2 saturated carbocycles. The summed E-state index contributed by atoms with van der Waals surface area (Å²) in [4.78, 5) is 21.4. The van der Waals surface area contributed by atoms with Gasteiger partial charge in [0.05, 0.1) is 12.7 Å². The van der Waals surface area contributed by atoms with Crippen LogP contribution in [0.4, 0.5) is 0 Å². The molecule has 0 bridgehead atoms. The number of amides is 1. The quantitative estimate of drug-likeness (QED) is 0.272. The molecule has 2 aliphatic carbocycles. The average molecular weight is 422 g/mol. The van der Waals surface area contributed by atoms with Crippen LogP contribution >= 0.6 is 0 Å². The predicted octanol–water partition coefficient (Wildman–Crippen LogP) is 2.23. The van der Waals surface area contributed by atoms with Gasteiger partial charge in [-0.3, -0.25) is 14.7 Å². The smallest absolute Gasteiger partial charge is 0.225 e. The molecule has 0 aromatic rings. The molecule has 0 spiro atoms. The Labute approximate surface area is 183 Å². The second-order valence-electron chi connectivity index (χ2n) is 9.06. The molecular formula is C23H43N5O2. The summed E-state index contributed by atoms with van der Waals surface area (Å²) in [6.45, 7) is 7.06. The zero-order valence-electron chi connectivity index (χ0n) is 19.0. The summed E-state index contributed by atoms with van der Waals surface area (Å²) >= 11 is 0. The van der Waals surface area contributed by atoms with Gasteiger partial charge in [0.1, 0.15) is 0 Å². The fourth-order valence-electron chi connectivity index (χ4n) is 4.98. The van der Waals surface area contributed by atoms with Crippen molar-refractivity contribution in [3.8, 4) is 0 Å². The second-order valence-corrected chi connectivity index (χ2v) is 9.06. The second kappa shape index (κ2) is 13.2. The van der Waals surface area contributed by atoms with Gasteiger partial charge in [-0.15, -0.1) is 0 Å². The lowest BCUT2D eigenvalue weighted by molar-refractivity contribution is -0.137. The topological polar surface area (TPSA) is 69.2 Å². The Bertz CT molecular complexity index is 520. The lowest BCUT2D eigenvalue weighted by atomic mass is 10.1. The summed E-state index contributed by atoms with van der Waals surface area (Å²) in [5, 5.41) is 6.76. The first-order chi connectivity index (χ1) is 14.8. The Morgan fingerprint density at radius 1 is 0.900 bits per heavy atom. The van der Waals surface area contributed by atoms with Crippen molar-refractivity contribution in [1.82, 2.24) is 20.4 Å². The summed E-state index contributed by atoms with van der Waals surface area (Å²) in [7, 11) is 1.81. The van der Waals surface area contributed by atoms with Crippen LogP contribution in [-0.4, -0.2) is 87.2 Å². The van der Waals surface area contributed by atoms with Gasteiger partial charge in [0.2, 0.25) is 5.91 Å². The van der Waals surface area contributed by atoms with Gasteiger partial charge in [-0.25, -0.2) is 0 Å². The largest absolute Gasteiger partial charge is 0.376 e. The maximum atomic E-state index is 12.6. The van der Waals surface area contributed by atoms with Crippen molar-refractivity contribution in [2.75, 3.05) is 59.5 Å². The SMILES string of the molecule is CN=C(NCCOC1CCCCCC1)NCCN1CCN(C(=O)C2CCCC2)CC1. The average Bonchev–Trinajstić information content (AvgIpc) is 3.19. The Balaban J connectivity index is 1.23. The van der Waals surface area contributed by atoms with Crippen molar-refractivity contribution in [3.63, 3.8) is 0 Å². The highest BCUT2D eigenvalue weighted by Gasteiger charge is 2.29. The molecule has 1 amide bonds. The van der Waals surface area contributed by atoms with E-state index in [9.17, 15) is 4.79 Å². The van der Waals surface area contributed by atoms with E-state index in [2.05, 4.69) is 25.4 Å². The maximum Gasteiger partial charge on any atom is 0.225 e. The molecule has 1 saturated heterocycles. The van der Waals surface area contributed by atoms with E-state index >= 15 is 0 Å². The third-order valence-electron chi connectivity index (χ3n) is 6.88. The van der Waals surface area contributed by atoms with Gasteiger partial charge in [-0.2, -0.15) is 0 Å². The van der Waals surface area contributed by atoms with E-state index in [0.29, 0.717) is 17.9 Å². The molecule has 1 heterocycles. The normalized spacial score (nSPS) is 22.8. The number of carbonyl (C=O) groups is 1. The predicted molar refractivity (Wildman–Crippen MR) is 122 cm³/mol. The van der Waals surface area contributed by atoms with Crippen LogP contribution in [-0.2, 0) is 9.53 Å². The Kier molecular flexibility index (Phi) is 10.2. The lowest BCUT2D eigenvalue weighted by Crippen LogP contribution is -2.52. The molecular weight excluding hydrogens is 378 g/mol. The van der Waals surface area contributed by atoms with Crippen LogP contribution < -0.4 is 10.6 Å². The van der Waals surface area contributed by atoms with Crippen molar-refractivity contribution >= 4 is 11.9 Å². The molecule has 7 nitrogen and oxygen atoms in total. The van der Waals surface area contributed by atoms with Crippen molar-refractivity contribution < 1.29 is 9.53 Å². The fraction of sp³-hybridized carbons (Fsp3) is 0.913. The van der Waals surface area contributed by atoms with Gasteiger partial charge in [0.25, 0.3) is 0 Å². The van der Waals surface area contributed by atoms with Crippen molar-refractivity contribution in [2.24, 2.45) is 10.9 Å². The van der Waals surface area contributed by atoms with Gasteiger partial charge < -0.3 is 20.3 Å². The van der Waals surface area contributed by atoms with Crippen molar-refractivity contribution in [2.45, 2.75) is 70.3 Å². The highest BCUT2D eigenvalue weighted by molar-refractivity contribution is 5.79. The van der Waals surface area contributed by atoms with Crippen LogP contribution in [0, 0.1) is 5.92 Å². The van der Waals surface area contributed by atoms with E-state index in [0.717, 1.165) is 71.2 Å². The third-order valence-corrected chi connectivity index (χ3v) is 6.88. The maximum absolute atomic E-state index is 12.6. The van der Waals surface area contributed by atoms with E-state index in [1.165, 1.54) is 51.4 Å². The van der Waals surface area contributed by atoms with E-state index in [-0.39, 0.29) is 0 Å². The number of hydrogen-bond donors (Lipinski definition) is 2. The first-order valence-electron chi connectivity index (χ1n) is 12.3. The molecule has 0 radical (unpaired) electrons. The highest BCUT2D eigenvalue weighted by atomic mass is 16.5. The summed E-state index contributed by atoms with van der Waals surface area (Å²) in [6.07, 6.45) is 12.9. The first kappa shape index (κ1) is 23.3. The molecule has 3 rings (SSSR count). The molecule has 3 aliphatic rings. The van der Waals surface area contributed by atoms with Gasteiger partial charge in [-0.05, 0) is 25.7 Å². The minimum atomic E-state index is 0.305. The van der Waals surface area contributed by atoms with Gasteiger partial charge >= 0.3 is 0 Å². The van der Waals surface area contributed by atoms with Crippen LogP contribution in [0.2, 0.25) is 0 Å². The number of aliphatic imine (C=N–C) groups is 1. The fourth-order valence-corrected chi connectivity index (χ4v) is 4.98. The van der Waals surface area contributed by atoms with Crippen LogP contribution in [0.3, 0.4) is 0 Å². The lowest BCUT2D eigenvalue weighted by Gasteiger charge is -2.36. The van der Waals surface area contributed by atoms with Crippen LogP contribution in [0.25, 0.3) is 0 Å². The number of piperazine rings is 1. The summed E-state index contributed by atoms with van der Waals surface area (Å²) < 4.78 is 6.04. The molecule has 0 aromatic heterocycles. The Hall–Kier alpha value is -1.34. The van der Waals surface area contributed by atoms with E-state index in [1.807, 2.05) is 7.05 Å². The van der Waals surface area contributed by atoms with E-state index < -0.39 is 0 Å². The Morgan fingerprint density at radius 3 is 2.20 bits per heavy atom. The molecule has 0 aromatic carbocycles. The molecule has 0 atom stereocenters. The molecule has 172 valence electrons. The molecule has 30 heavy (non-hydrogen) atoms. The van der Waals surface area contributed by atoms with E-state index in [4.69, 9.17) is 4.74 Å². The van der Waals surface area contributed by atoms with Crippen LogP contribution in [0.15, 0.2) is 4.99 Å². The van der Waals surface area contributed by atoms with Gasteiger partial charge in [-0.1, -0.05) is 38.5 Å². The molecule has 0 unspecified atom stereocenters. The van der Waals surface area contributed by atoms with Crippen LogP contribution in [0.1, 0.15) is 64.2 Å². The number of ether oxygens (including phenoxy) is 1. The number of rotatable bonds is 8. The molecule has 7 heteroatoms. The zero-order chi connectivity index (χ0) is 21.0. The standard InChI is InChI=1S/C23H43N5O2/c1-24-23(26-13-19-30-21-10-4-2-3-5-11-21)25-12-14-27-15-17-28(18-16-27)22(29)20-8-6-7-9-20/h20-21H,2-19H2,1H3,(H2,24,25,26). The van der Waals surface area contributed by atoms with Gasteiger partial charge in [0, 0.05) is 58.8 Å². The molecule has 3 fully saturated rings. The number of hydrogen-bond acceptors (Lipinski definition) is 4. The number of nitrogens with one attached hydrogen (secondary N) is 2. The number of nitrogens with zero attached hydrogens (tertiary/aromatic N) is 3. The number of carbonyl (C=O) groups excluding carboxylic acids is 1. The number of guanidine groups is 1. The minimum Gasteiger partial charge on any atom is -0.376 e. The summed E-state index contributed by atoms with van der Waals surface area (Å²) in [6, 6.07) is 0. The van der Waals surface area contributed by atoms with Gasteiger partial charge in [0.15, 0.2) is 5.96 Å². The molecule has 1 aliphatic heterocycles. The minimum absolute atomic E-state index is 0.305. The third kappa shape index (κ3) is 7.73. The molecule has 2 N–H and O–H groups in total. The highest BCUT2D eigenvalue weighted by Crippen LogP contribution is 2.26. The summed E-state index contributed by atoms with van der Waals surface area (Å²) in [5.74, 6) is 1.55. The van der Waals surface area contributed by atoms with E-state index in [1.54, 1.807) is 0 Å². The monoisotopic (exact) mass is 421 g/mol. The van der Waals surface area contributed by atoms with Crippen LogP contribution in [0.5, 0.6) is 0 Å². The Morgan fingerprint density at radius 2 is 1.53 bits per heavy atom. The first-order valence-corrected chi connectivity index (χ1v) is 12.3. The summed E-state index contributed by atoms with van der Waals surface area (Å²) in [5.41, 5.74) is 0.